The quantitative estimate of drug-likeness (QED) is 0.692. The molecular formula is C15H21F3N2O2S. The molecule has 23 heavy (non-hydrogen) atoms. The van der Waals surface area contributed by atoms with Crippen LogP contribution in [0, 0.1) is 0 Å². The molecule has 1 heterocycles. The molecule has 0 saturated carbocycles. The van der Waals surface area contributed by atoms with E-state index < -0.39 is 12.8 Å². The molecule has 130 valence electrons. The standard InChI is InChI=1S/C15H21F3N2O2S/c1-3-4-7-23-11(2)14(21)20-9-12-5-6-19-13(8-12)22-10-15(16,17)18/h5-6,8,11H,3-4,7,9-10H2,1-2H3,(H,20,21). The van der Waals surface area contributed by atoms with Crippen molar-refractivity contribution in [2.45, 2.75) is 44.7 Å². The number of pyridine rings is 1. The molecule has 0 spiro atoms. The fraction of sp³-hybridized carbons (Fsp3) is 0.600. The summed E-state index contributed by atoms with van der Waals surface area (Å²) in [5.74, 6) is 0.718. The summed E-state index contributed by atoms with van der Waals surface area (Å²) in [6.07, 6.45) is -0.907. The first-order chi connectivity index (χ1) is 10.8. The highest BCUT2D eigenvalue weighted by Gasteiger charge is 2.28. The maximum absolute atomic E-state index is 12.1. The van der Waals surface area contributed by atoms with Gasteiger partial charge >= 0.3 is 6.18 Å². The average molecular weight is 350 g/mol. The number of ether oxygens (including phenoxy) is 1. The summed E-state index contributed by atoms with van der Waals surface area (Å²) in [4.78, 5) is 15.6. The lowest BCUT2D eigenvalue weighted by Crippen LogP contribution is -2.30. The van der Waals surface area contributed by atoms with Gasteiger partial charge in [-0.25, -0.2) is 4.98 Å². The first-order valence-corrected chi connectivity index (χ1v) is 8.40. The van der Waals surface area contributed by atoms with Gasteiger partial charge < -0.3 is 10.1 Å². The second-order valence-corrected chi connectivity index (χ2v) is 6.44. The van der Waals surface area contributed by atoms with Crippen molar-refractivity contribution in [2.24, 2.45) is 0 Å². The van der Waals surface area contributed by atoms with Crippen LogP contribution >= 0.6 is 11.8 Å². The van der Waals surface area contributed by atoms with E-state index in [1.54, 1.807) is 17.8 Å². The lowest BCUT2D eigenvalue weighted by molar-refractivity contribution is -0.154. The molecule has 0 aromatic carbocycles. The molecule has 4 nitrogen and oxygen atoms in total. The number of thioether (sulfide) groups is 1. The molecule has 0 aliphatic carbocycles. The first-order valence-electron chi connectivity index (χ1n) is 7.35. The fourth-order valence-corrected chi connectivity index (χ4v) is 2.65. The third-order valence-corrected chi connectivity index (χ3v) is 4.12. The van der Waals surface area contributed by atoms with E-state index in [0.717, 1.165) is 18.6 Å². The van der Waals surface area contributed by atoms with E-state index in [0.29, 0.717) is 5.56 Å². The molecule has 1 unspecified atom stereocenters. The van der Waals surface area contributed by atoms with Crippen molar-refractivity contribution in [3.05, 3.63) is 23.9 Å². The molecule has 0 aliphatic heterocycles. The molecule has 1 amide bonds. The van der Waals surface area contributed by atoms with E-state index in [9.17, 15) is 18.0 Å². The molecule has 1 N–H and O–H groups in total. The summed E-state index contributed by atoms with van der Waals surface area (Å²) in [6, 6.07) is 3.01. The Bertz CT molecular complexity index is 498. The third kappa shape index (κ3) is 8.68. The monoisotopic (exact) mass is 350 g/mol. The molecule has 0 bridgehead atoms. The molecular weight excluding hydrogens is 329 g/mol. The molecule has 0 fully saturated rings. The Morgan fingerprint density at radius 2 is 2.22 bits per heavy atom. The topological polar surface area (TPSA) is 51.2 Å². The maximum Gasteiger partial charge on any atom is 0.422 e. The van der Waals surface area contributed by atoms with Gasteiger partial charge in [-0.15, -0.1) is 11.8 Å². The van der Waals surface area contributed by atoms with E-state index in [1.165, 1.54) is 12.3 Å². The smallest absolute Gasteiger partial charge is 0.422 e. The van der Waals surface area contributed by atoms with Crippen molar-refractivity contribution < 1.29 is 22.7 Å². The normalized spacial score (nSPS) is 12.7. The van der Waals surface area contributed by atoms with Gasteiger partial charge in [-0.05, 0) is 30.7 Å². The van der Waals surface area contributed by atoms with Crippen molar-refractivity contribution in [1.82, 2.24) is 10.3 Å². The molecule has 1 rings (SSSR count). The summed E-state index contributed by atoms with van der Waals surface area (Å²) in [5.41, 5.74) is 0.635. The molecule has 0 radical (unpaired) electrons. The molecule has 1 atom stereocenters. The van der Waals surface area contributed by atoms with E-state index in [-0.39, 0.29) is 23.6 Å². The minimum Gasteiger partial charge on any atom is -0.468 e. The largest absolute Gasteiger partial charge is 0.468 e. The Morgan fingerprint density at radius 1 is 1.48 bits per heavy atom. The van der Waals surface area contributed by atoms with Crippen LogP contribution in [0.4, 0.5) is 13.2 Å². The molecule has 0 saturated heterocycles. The molecule has 1 aromatic heterocycles. The second-order valence-electron chi connectivity index (χ2n) is 4.99. The number of carbonyl (C=O) groups is 1. The number of carbonyl (C=O) groups excluding carboxylic acids is 1. The van der Waals surface area contributed by atoms with E-state index in [2.05, 4.69) is 22.0 Å². The predicted octanol–water partition coefficient (Wildman–Crippen LogP) is 3.56. The Balaban J connectivity index is 2.43. The first kappa shape index (κ1) is 19.6. The number of rotatable bonds is 9. The zero-order chi connectivity index (χ0) is 17.3. The SMILES string of the molecule is CCCCSC(C)C(=O)NCc1ccnc(OCC(F)(F)F)c1. The zero-order valence-electron chi connectivity index (χ0n) is 13.2. The van der Waals surface area contributed by atoms with Gasteiger partial charge in [0.1, 0.15) is 0 Å². The van der Waals surface area contributed by atoms with E-state index >= 15 is 0 Å². The number of nitrogens with zero attached hydrogens (tertiary/aromatic N) is 1. The minimum atomic E-state index is -4.41. The number of halogens is 3. The van der Waals surface area contributed by atoms with Crippen molar-refractivity contribution in [3.8, 4) is 5.88 Å². The number of aromatic nitrogens is 1. The van der Waals surface area contributed by atoms with E-state index in [4.69, 9.17) is 0 Å². The number of amides is 1. The van der Waals surface area contributed by atoms with Crippen molar-refractivity contribution in [3.63, 3.8) is 0 Å². The fourth-order valence-electron chi connectivity index (χ4n) is 1.61. The third-order valence-electron chi connectivity index (χ3n) is 2.88. The van der Waals surface area contributed by atoms with Gasteiger partial charge in [0.25, 0.3) is 0 Å². The number of nitrogens with one attached hydrogen (secondary N) is 1. The Kier molecular flexibility index (Phi) is 8.22. The highest BCUT2D eigenvalue weighted by atomic mass is 32.2. The van der Waals surface area contributed by atoms with Gasteiger partial charge in [0.05, 0.1) is 5.25 Å². The molecule has 1 aromatic rings. The number of hydrogen-bond donors (Lipinski definition) is 1. The van der Waals surface area contributed by atoms with Gasteiger partial charge in [0, 0.05) is 18.8 Å². The number of hydrogen-bond acceptors (Lipinski definition) is 4. The average Bonchev–Trinajstić information content (AvgIpc) is 2.50. The summed E-state index contributed by atoms with van der Waals surface area (Å²) < 4.78 is 40.9. The van der Waals surface area contributed by atoms with Crippen molar-refractivity contribution >= 4 is 17.7 Å². The summed E-state index contributed by atoms with van der Waals surface area (Å²) in [7, 11) is 0. The maximum atomic E-state index is 12.1. The van der Waals surface area contributed by atoms with Gasteiger partial charge in [-0.2, -0.15) is 13.2 Å². The predicted molar refractivity (Wildman–Crippen MR) is 84.5 cm³/mol. The Labute approximate surface area is 138 Å². The lowest BCUT2D eigenvalue weighted by atomic mass is 10.2. The zero-order valence-corrected chi connectivity index (χ0v) is 14.0. The van der Waals surface area contributed by atoms with Crippen LogP contribution in [0.1, 0.15) is 32.3 Å². The van der Waals surface area contributed by atoms with Gasteiger partial charge in [0.2, 0.25) is 11.8 Å². The van der Waals surface area contributed by atoms with Crippen molar-refractivity contribution in [2.75, 3.05) is 12.4 Å². The van der Waals surface area contributed by atoms with Crippen LogP contribution in [-0.2, 0) is 11.3 Å². The minimum absolute atomic E-state index is 0.0966. The number of unbranched alkanes of at least 4 members (excludes halogenated alkanes) is 1. The van der Waals surface area contributed by atoms with Crippen LogP contribution in [0.5, 0.6) is 5.88 Å². The summed E-state index contributed by atoms with van der Waals surface area (Å²) in [6.45, 7) is 2.76. The van der Waals surface area contributed by atoms with Gasteiger partial charge in [0.15, 0.2) is 6.61 Å². The highest BCUT2D eigenvalue weighted by Crippen LogP contribution is 2.18. The van der Waals surface area contributed by atoms with Crippen molar-refractivity contribution in [1.29, 1.82) is 0 Å². The van der Waals surface area contributed by atoms with E-state index in [1.807, 2.05) is 6.92 Å². The number of alkyl halides is 3. The van der Waals surface area contributed by atoms with Crippen LogP contribution in [0.25, 0.3) is 0 Å². The van der Waals surface area contributed by atoms with Crippen LogP contribution in [-0.4, -0.2) is 34.7 Å². The van der Waals surface area contributed by atoms with Gasteiger partial charge in [-0.3, -0.25) is 4.79 Å². The molecule has 0 aliphatic rings. The Morgan fingerprint density at radius 3 is 2.87 bits per heavy atom. The Hall–Kier alpha value is -1.44. The summed E-state index contributed by atoms with van der Waals surface area (Å²) >= 11 is 1.58. The van der Waals surface area contributed by atoms with Crippen LogP contribution < -0.4 is 10.1 Å². The lowest BCUT2D eigenvalue weighted by Gasteiger charge is -2.12. The second kappa shape index (κ2) is 9.64. The van der Waals surface area contributed by atoms with Gasteiger partial charge in [-0.1, -0.05) is 13.3 Å². The highest BCUT2D eigenvalue weighted by molar-refractivity contribution is 8.00. The van der Waals surface area contributed by atoms with Crippen LogP contribution in [0.2, 0.25) is 0 Å². The molecule has 8 heteroatoms. The van der Waals surface area contributed by atoms with Crippen LogP contribution in [0.3, 0.4) is 0 Å². The van der Waals surface area contributed by atoms with Crippen LogP contribution in [0.15, 0.2) is 18.3 Å². The summed E-state index contributed by atoms with van der Waals surface area (Å²) in [5, 5.41) is 2.60.